The molecule has 0 unspecified atom stereocenters. The van der Waals surface area contributed by atoms with Crippen molar-refractivity contribution in [3.63, 3.8) is 0 Å². The Morgan fingerprint density at radius 2 is 1.84 bits per heavy atom. The number of nitrogens with one attached hydrogen (secondary N) is 1. The molecule has 0 aliphatic carbocycles. The number of furan rings is 1. The van der Waals surface area contributed by atoms with Crippen molar-refractivity contribution >= 4 is 28.9 Å². The molecule has 0 atom stereocenters. The van der Waals surface area contributed by atoms with Gasteiger partial charge in [0.15, 0.2) is 0 Å². The van der Waals surface area contributed by atoms with E-state index in [1.165, 1.54) is 6.21 Å². The highest BCUT2D eigenvalue weighted by molar-refractivity contribution is 5.91. The number of rotatable bonds is 6. The third-order valence-electron chi connectivity index (χ3n) is 4.99. The van der Waals surface area contributed by atoms with Crippen LogP contribution < -0.4 is 5.43 Å². The number of amides is 1. The molecule has 154 valence electrons. The monoisotopic (exact) mass is 412 g/mol. The van der Waals surface area contributed by atoms with Gasteiger partial charge in [-0.25, -0.2) is 10.2 Å². The van der Waals surface area contributed by atoms with Gasteiger partial charge >= 0.3 is 5.97 Å². The number of aryl methyl sites for hydroxylation is 1. The van der Waals surface area contributed by atoms with Gasteiger partial charge in [-0.3, -0.25) is 4.79 Å². The molecule has 4 aromatic rings. The number of hydrogen-bond acceptors (Lipinski definition) is 4. The Morgan fingerprint density at radius 3 is 2.68 bits per heavy atom. The minimum atomic E-state index is -0.985. The van der Waals surface area contributed by atoms with E-state index in [0.717, 1.165) is 16.3 Å². The Bertz CT molecular complexity index is 1300. The van der Waals surface area contributed by atoms with Gasteiger partial charge in [0.2, 0.25) is 5.91 Å². The van der Waals surface area contributed by atoms with Gasteiger partial charge in [-0.15, -0.1) is 0 Å². The maximum atomic E-state index is 12.3. The largest absolute Gasteiger partial charge is 0.478 e. The van der Waals surface area contributed by atoms with E-state index in [0.29, 0.717) is 22.6 Å². The average Bonchev–Trinajstić information content (AvgIpc) is 3.23. The quantitative estimate of drug-likeness (QED) is 0.351. The zero-order chi connectivity index (χ0) is 21.8. The second kappa shape index (κ2) is 8.67. The van der Waals surface area contributed by atoms with Crippen LogP contribution >= 0.6 is 0 Å². The number of carbonyl (C=O) groups is 2. The summed E-state index contributed by atoms with van der Waals surface area (Å²) in [5, 5.41) is 15.4. The predicted octanol–water partition coefficient (Wildman–Crippen LogP) is 4.80. The number of nitrogens with zero attached hydrogens (tertiary/aromatic N) is 1. The Kier molecular flexibility index (Phi) is 5.62. The first-order chi connectivity index (χ1) is 15.0. The second-order valence-electron chi connectivity index (χ2n) is 7.15. The topological polar surface area (TPSA) is 91.9 Å². The maximum absolute atomic E-state index is 12.3. The summed E-state index contributed by atoms with van der Waals surface area (Å²) in [4.78, 5) is 23.6. The zero-order valence-electron chi connectivity index (χ0n) is 16.8. The van der Waals surface area contributed by atoms with Crippen LogP contribution in [0.1, 0.15) is 27.2 Å². The first kappa shape index (κ1) is 20.1. The van der Waals surface area contributed by atoms with Crippen molar-refractivity contribution in [1.29, 1.82) is 0 Å². The molecule has 0 aliphatic rings. The summed E-state index contributed by atoms with van der Waals surface area (Å²) in [5.41, 5.74) is 5.01. The number of aromatic carboxylic acids is 1. The summed E-state index contributed by atoms with van der Waals surface area (Å²) < 4.78 is 5.71. The van der Waals surface area contributed by atoms with E-state index in [9.17, 15) is 14.7 Å². The molecule has 1 aromatic heterocycles. The number of hydrogen-bond donors (Lipinski definition) is 2. The number of carboxylic acid groups (broad SMARTS) is 1. The molecule has 3 aromatic carbocycles. The molecule has 1 heterocycles. The van der Waals surface area contributed by atoms with Crippen LogP contribution in [0.25, 0.3) is 22.1 Å². The van der Waals surface area contributed by atoms with E-state index < -0.39 is 5.97 Å². The van der Waals surface area contributed by atoms with Crippen molar-refractivity contribution in [3.05, 3.63) is 95.2 Å². The van der Waals surface area contributed by atoms with Crippen LogP contribution in [-0.2, 0) is 11.2 Å². The number of hydrazone groups is 1. The van der Waals surface area contributed by atoms with E-state index >= 15 is 0 Å². The number of fused-ring (bicyclic) bond motifs is 1. The lowest BCUT2D eigenvalue weighted by atomic mass is 10.0. The van der Waals surface area contributed by atoms with Crippen LogP contribution in [0.2, 0.25) is 0 Å². The molecule has 0 saturated carbocycles. The van der Waals surface area contributed by atoms with Crippen LogP contribution in [-0.4, -0.2) is 23.2 Å². The molecular formula is C25H20N2O4. The highest BCUT2D eigenvalue weighted by Crippen LogP contribution is 2.24. The first-order valence-corrected chi connectivity index (χ1v) is 9.74. The fraction of sp³-hybridized carbons (Fsp3) is 0.0800. The molecule has 0 saturated heterocycles. The SMILES string of the molecule is Cc1ccc(-c2ccc(/C=N\NC(=O)Cc3cccc4ccccc34)o2)cc1C(=O)O. The van der Waals surface area contributed by atoms with E-state index in [2.05, 4.69) is 10.5 Å². The third-order valence-corrected chi connectivity index (χ3v) is 4.99. The van der Waals surface area contributed by atoms with E-state index in [1.54, 1.807) is 37.3 Å². The van der Waals surface area contributed by atoms with Crippen LogP contribution in [0.15, 0.2) is 82.3 Å². The van der Waals surface area contributed by atoms with E-state index in [4.69, 9.17) is 4.42 Å². The summed E-state index contributed by atoms with van der Waals surface area (Å²) in [6, 6.07) is 22.3. The first-order valence-electron chi connectivity index (χ1n) is 9.74. The predicted molar refractivity (Wildman–Crippen MR) is 119 cm³/mol. The van der Waals surface area contributed by atoms with Crippen molar-refractivity contribution in [2.45, 2.75) is 13.3 Å². The maximum Gasteiger partial charge on any atom is 0.335 e. The highest BCUT2D eigenvalue weighted by Gasteiger charge is 2.11. The number of benzene rings is 3. The van der Waals surface area contributed by atoms with Crippen molar-refractivity contribution in [2.75, 3.05) is 0 Å². The molecule has 0 bridgehead atoms. The van der Waals surface area contributed by atoms with Gasteiger partial charge in [-0.1, -0.05) is 54.6 Å². The molecule has 0 spiro atoms. The smallest absolute Gasteiger partial charge is 0.335 e. The lowest BCUT2D eigenvalue weighted by Gasteiger charge is -2.05. The highest BCUT2D eigenvalue weighted by atomic mass is 16.4. The molecule has 0 aliphatic heterocycles. The van der Waals surface area contributed by atoms with E-state index in [1.807, 2.05) is 42.5 Å². The Balaban J connectivity index is 1.42. The standard InChI is InChI=1S/C25H20N2O4/c1-16-9-10-19(13-22(16)25(29)30)23-12-11-20(31-23)15-26-27-24(28)14-18-7-4-6-17-5-2-3-8-21(17)18/h2-13,15H,14H2,1H3,(H,27,28)(H,29,30)/b26-15-. The molecule has 6 nitrogen and oxygen atoms in total. The zero-order valence-corrected chi connectivity index (χ0v) is 16.8. The summed E-state index contributed by atoms with van der Waals surface area (Å²) in [6.07, 6.45) is 1.63. The van der Waals surface area contributed by atoms with E-state index in [-0.39, 0.29) is 17.9 Å². The Labute approximate surface area is 178 Å². The molecule has 4 rings (SSSR count). The molecule has 1 amide bonds. The Hall–Kier alpha value is -4.19. The lowest BCUT2D eigenvalue weighted by molar-refractivity contribution is -0.120. The van der Waals surface area contributed by atoms with Crippen LogP contribution in [0.4, 0.5) is 0 Å². The van der Waals surface area contributed by atoms with Gasteiger partial charge < -0.3 is 9.52 Å². The number of carboxylic acids is 1. The fourth-order valence-corrected chi connectivity index (χ4v) is 3.41. The van der Waals surface area contributed by atoms with Gasteiger partial charge in [0.05, 0.1) is 18.2 Å². The fourth-order valence-electron chi connectivity index (χ4n) is 3.41. The van der Waals surface area contributed by atoms with Crippen molar-refractivity contribution in [1.82, 2.24) is 5.43 Å². The van der Waals surface area contributed by atoms with Crippen molar-refractivity contribution in [2.24, 2.45) is 5.10 Å². The summed E-state index contributed by atoms with van der Waals surface area (Å²) >= 11 is 0. The van der Waals surface area contributed by atoms with Gasteiger partial charge in [-0.05, 0) is 47.0 Å². The van der Waals surface area contributed by atoms with Crippen LogP contribution in [0.5, 0.6) is 0 Å². The summed E-state index contributed by atoms with van der Waals surface area (Å²) in [7, 11) is 0. The molecular weight excluding hydrogens is 392 g/mol. The molecule has 31 heavy (non-hydrogen) atoms. The Morgan fingerprint density at radius 1 is 1.03 bits per heavy atom. The van der Waals surface area contributed by atoms with Gasteiger partial charge in [0.1, 0.15) is 11.5 Å². The van der Waals surface area contributed by atoms with Gasteiger partial charge in [0.25, 0.3) is 0 Å². The summed E-state index contributed by atoms with van der Waals surface area (Å²) in [5.74, 6) is -0.255. The third kappa shape index (κ3) is 4.53. The van der Waals surface area contributed by atoms with Crippen LogP contribution in [0, 0.1) is 6.92 Å². The number of carbonyl (C=O) groups excluding carboxylic acids is 1. The molecule has 2 N–H and O–H groups in total. The minimum absolute atomic E-state index is 0.212. The van der Waals surface area contributed by atoms with Crippen LogP contribution in [0.3, 0.4) is 0 Å². The molecule has 0 fully saturated rings. The van der Waals surface area contributed by atoms with Crippen molar-refractivity contribution in [3.8, 4) is 11.3 Å². The average molecular weight is 412 g/mol. The van der Waals surface area contributed by atoms with Crippen molar-refractivity contribution < 1.29 is 19.1 Å². The minimum Gasteiger partial charge on any atom is -0.478 e. The van der Waals surface area contributed by atoms with Gasteiger partial charge in [0, 0.05) is 5.56 Å². The normalized spacial score (nSPS) is 11.1. The molecule has 6 heteroatoms. The van der Waals surface area contributed by atoms with Gasteiger partial charge in [-0.2, -0.15) is 5.10 Å². The second-order valence-corrected chi connectivity index (χ2v) is 7.15. The molecule has 0 radical (unpaired) electrons. The lowest BCUT2D eigenvalue weighted by Crippen LogP contribution is -2.19. The summed E-state index contributed by atoms with van der Waals surface area (Å²) in [6.45, 7) is 1.74.